The zero-order chi connectivity index (χ0) is 20.7. The van der Waals surface area contributed by atoms with Gasteiger partial charge in [0.05, 0.1) is 5.69 Å². The molecule has 1 aliphatic heterocycles. The third-order valence-corrected chi connectivity index (χ3v) is 5.25. The van der Waals surface area contributed by atoms with Crippen LogP contribution in [0.2, 0.25) is 5.02 Å². The van der Waals surface area contributed by atoms with Gasteiger partial charge < -0.3 is 19.9 Å². The van der Waals surface area contributed by atoms with Gasteiger partial charge in [0.2, 0.25) is 5.91 Å². The average molecular weight is 410 g/mol. The summed E-state index contributed by atoms with van der Waals surface area (Å²) in [6.45, 7) is 11.9. The second-order valence-corrected chi connectivity index (χ2v) is 7.95. The average Bonchev–Trinajstić information content (AvgIpc) is 2.65. The molecule has 1 aromatic carbocycles. The van der Waals surface area contributed by atoms with E-state index in [4.69, 9.17) is 16.3 Å². The van der Waals surface area contributed by atoms with E-state index in [1.165, 1.54) is 0 Å². The number of ether oxygens (including phenoxy) is 1. The number of fused-ring (bicyclic) bond motifs is 1. The van der Waals surface area contributed by atoms with E-state index in [1.807, 2.05) is 0 Å². The molecule has 0 aliphatic carbocycles. The first-order valence-corrected chi connectivity index (χ1v) is 10.5. The highest BCUT2D eigenvalue weighted by molar-refractivity contribution is 6.31. The first-order chi connectivity index (χ1) is 13.3. The van der Waals surface area contributed by atoms with Crippen molar-refractivity contribution in [1.29, 1.82) is 0 Å². The zero-order valence-corrected chi connectivity index (χ0v) is 18.1. The predicted octanol–water partition coefficient (Wildman–Crippen LogP) is 3.47. The molecule has 0 bridgehead atoms. The molecule has 1 heterocycles. The van der Waals surface area contributed by atoms with Gasteiger partial charge in [-0.2, -0.15) is 0 Å². The van der Waals surface area contributed by atoms with Crippen LogP contribution >= 0.6 is 11.6 Å². The number of carbonyl (C=O) groups excluding carboxylic acids is 2. The fraction of sp³-hybridized carbons (Fsp3) is 0.619. The van der Waals surface area contributed by atoms with Crippen LogP contribution in [0.1, 0.15) is 47.0 Å². The third-order valence-electron chi connectivity index (χ3n) is 5.02. The van der Waals surface area contributed by atoms with Crippen molar-refractivity contribution in [2.24, 2.45) is 0 Å². The maximum absolute atomic E-state index is 12.8. The topological polar surface area (TPSA) is 61.9 Å². The summed E-state index contributed by atoms with van der Waals surface area (Å²) in [6.07, 6.45) is 2.25. The Morgan fingerprint density at radius 3 is 2.64 bits per heavy atom. The van der Waals surface area contributed by atoms with Crippen LogP contribution in [0.15, 0.2) is 18.2 Å². The van der Waals surface area contributed by atoms with E-state index < -0.39 is 5.60 Å². The summed E-state index contributed by atoms with van der Waals surface area (Å²) in [6, 6.07) is 5.19. The molecular formula is C21H32ClN3O3. The Morgan fingerprint density at radius 1 is 1.25 bits per heavy atom. The van der Waals surface area contributed by atoms with Gasteiger partial charge in [-0.15, -0.1) is 0 Å². The van der Waals surface area contributed by atoms with Crippen LogP contribution in [0.25, 0.3) is 0 Å². The van der Waals surface area contributed by atoms with Crippen molar-refractivity contribution >= 4 is 29.1 Å². The molecule has 2 amide bonds. The van der Waals surface area contributed by atoms with Crippen LogP contribution < -0.4 is 15.0 Å². The van der Waals surface area contributed by atoms with E-state index in [0.717, 1.165) is 32.5 Å². The van der Waals surface area contributed by atoms with Crippen molar-refractivity contribution in [3.8, 4) is 5.75 Å². The van der Waals surface area contributed by atoms with Crippen LogP contribution in [0.5, 0.6) is 5.75 Å². The first-order valence-electron chi connectivity index (χ1n) is 10.1. The largest absolute Gasteiger partial charge is 0.476 e. The number of unbranched alkanes of at least 4 members (excludes halogenated alkanes) is 1. The summed E-state index contributed by atoms with van der Waals surface area (Å²) in [4.78, 5) is 29.0. The zero-order valence-electron chi connectivity index (χ0n) is 17.4. The summed E-state index contributed by atoms with van der Waals surface area (Å²) in [5, 5.41) is 3.48. The molecule has 0 atom stereocenters. The molecule has 2 rings (SSSR count). The van der Waals surface area contributed by atoms with E-state index in [2.05, 4.69) is 24.1 Å². The van der Waals surface area contributed by atoms with Crippen LogP contribution in [-0.4, -0.2) is 55.0 Å². The number of nitrogens with one attached hydrogen (secondary N) is 1. The Hall–Kier alpha value is -1.79. The second kappa shape index (κ2) is 10.1. The summed E-state index contributed by atoms with van der Waals surface area (Å²) in [7, 11) is 0. The van der Waals surface area contributed by atoms with E-state index in [9.17, 15) is 9.59 Å². The van der Waals surface area contributed by atoms with Crippen molar-refractivity contribution in [2.75, 3.05) is 37.6 Å². The number of amides is 2. The van der Waals surface area contributed by atoms with Crippen LogP contribution in [-0.2, 0) is 9.59 Å². The van der Waals surface area contributed by atoms with Gasteiger partial charge in [-0.1, -0.05) is 25.4 Å². The number of benzene rings is 1. The highest BCUT2D eigenvalue weighted by atomic mass is 35.5. The predicted molar refractivity (Wildman–Crippen MR) is 113 cm³/mol. The number of carbonyl (C=O) groups is 2. The van der Waals surface area contributed by atoms with Gasteiger partial charge in [0, 0.05) is 24.5 Å². The highest BCUT2D eigenvalue weighted by Gasteiger charge is 2.40. The fourth-order valence-electron chi connectivity index (χ4n) is 3.29. The molecule has 0 saturated carbocycles. The van der Waals surface area contributed by atoms with Gasteiger partial charge in [0.1, 0.15) is 5.75 Å². The Kier molecular flexibility index (Phi) is 8.13. The molecule has 0 unspecified atom stereocenters. The smallest absolute Gasteiger partial charge is 0.270 e. The van der Waals surface area contributed by atoms with Crippen molar-refractivity contribution in [2.45, 2.75) is 52.6 Å². The first kappa shape index (κ1) is 22.5. The molecule has 28 heavy (non-hydrogen) atoms. The molecular weight excluding hydrogens is 378 g/mol. The van der Waals surface area contributed by atoms with Gasteiger partial charge in [0.25, 0.3) is 5.91 Å². The van der Waals surface area contributed by atoms with Crippen molar-refractivity contribution in [1.82, 2.24) is 10.2 Å². The lowest BCUT2D eigenvalue weighted by Gasteiger charge is -2.38. The van der Waals surface area contributed by atoms with E-state index in [-0.39, 0.29) is 18.2 Å². The van der Waals surface area contributed by atoms with Gasteiger partial charge >= 0.3 is 0 Å². The summed E-state index contributed by atoms with van der Waals surface area (Å²) < 4.78 is 5.80. The number of nitrogens with zero attached hydrogens (tertiary/aromatic N) is 2. The molecule has 0 radical (unpaired) electrons. The summed E-state index contributed by atoms with van der Waals surface area (Å²) in [5.41, 5.74) is -0.356. The monoisotopic (exact) mass is 409 g/mol. The minimum atomic E-state index is -0.971. The Labute approximate surface area is 173 Å². The molecule has 1 aromatic rings. The lowest BCUT2D eigenvalue weighted by molar-refractivity contribution is -0.132. The van der Waals surface area contributed by atoms with Crippen molar-refractivity contribution < 1.29 is 14.3 Å². The quantitative estimate of drug-likeness (QED) is 0.601. The van der Waals surface area contributed by atoms with Crippen molar-refractivity contribution in [3.05, 3.63) is 23.2 Å². The molecule has 6 nitrogen and oxygen atoms in total. The fourth-order valence-corrected chi connectivity index (χ4v) is 3.46. The normalized spacial score (nSPS) is 15.4. The molecule has 0 spiro atoms. The number of hydrogen-bond acceptors (Lipinski definition) is 4. The minimum absolute atomic E-state index is 0.0523. The molecule has 7 heteroatoms. The minimum Gasteiger partial charge on any atom is -0.476 e. The lowest BCUT2D eigenvalue weighted by atomic mass is 10.0. The second-order valence-electron chi connectivity index (χ2n) is 7.52. The van der Waals surface area contributed by atoms with E-state index >= 15 is 0 Å². The number of halogens is 1. The van der Waals surface area contributed by atoms with Gasteiger partial charge in [-0.3, -0.25) is 9.59 Å². The van der Waals surface area contributed by atoms with Gasteiger partial charge in [-0.05, 0) is 64.5 Å². The van der Waals surface area contributed by atoms with E-state index in [1.54, 1.807) is 36.9 Å². The Bertz CT molecular complexity index is 689. The summed E-state index contributed by atoms with van der Waals surface area (Å²) >= 11 is 6.09. The standard InChI is InChI=1S/C21H32ClN3O3/c1-5-24(6-2)13-8-7-12-23-19(26)11-14-25-17-15-16(22)9-10-18(17)28-21(3,4)20(25)27/h9-10,15H,5-8,11-14H2,1-4H3,(H,23,26). The molecule has 1 aliphatic rings. The van der Waals surface area contributed by atoms with E-state index in [0.29, 0.717) is 29.5 Å². The molecule has 1 N–H and O–H groups in total. The maximum Gasteiger partial charge on any atom is 0.270 e. The SMILES string of the molecule is CCN(CC)CCCCNC(=O)CCN1C(=O)C(C)(C)Oc2ccc(Cl)cc21. The lowest BCUT2D eigenvalue weighted by Crippen LogP contribution is -2.53. The summed E-state index contributed by atoms with van der Waals surface area (Å²) in [5.74, 6) is 0.378. The number of anilines is 1. The molecule has 0 saturated heterocycles. The highest BCUT2D eigenvalue weighted by Crippen LogP contribution is 2.39. The Morgan fingerprint density at radius 2 is 1.96 bits per heavy atom. The van der Waals surface area contributed by atoms with Gasteiger partial charge in [-0.25, -0.2) is 0 Å². The molecule has 0 fully saturated rings. The Balaban J connectivity index is 1.85. The maximum atomic E-state index is 12.8. The van der Waals surface area contributed by atoms with Crippen LogP contribution in [0.4, 0.5) is 5.69 Å². The van der Waals surface area contributed by atoms with Crippen molar-refractivity contribution in [3.63, 3.8) is 0 Å². The molecule has 0 aromatic heterocycles. The number of hydrogen-bond donors (Lipinski definition) is 1. The third kappa shape index (κ3) is 5.85. The number of rotatable bonds is 10. The van der Waals surface area contributed by atoms with Gasteiger partial charge in [0.15, 0.2) is 5.60 Å². The molecule has 156 valence electrons. The van der Waals surface area contributed by atoms with Crippen LogP contribution in [0.3, 0.4) is 0 Å². The van der Waals surface area contributed by atoms with Crippen LogP contribution in [0, 0.1) is 0 Å².